The molecule has 2 aromatic rings. The summed E-state index contributed by atoms with van der Waals surface area (Å²) in [5.74, 6) is 0.159. The van der Waals surface area contributed by atoms with E-state index in [-0.39, 0.29) is 18.4 Å². The number of ether oxygens (including phenoxy) is 2. The monoisotopic (exact) mass is 356 g/mol. The average molecular weight is 356 g/mol. The molecule has 0 fully saturated rings. The number of nitrogens with one attached hydrogen (secondary N) is 2. The molecule has 6 nitrogen and oxygen atoms in total. The Morgan fingerprint density at radius 2 is 1.85 bits per heavy atom. The van der Waals surface area contributed by atoms with Crippen molar-refractivity contribution < 1.29 is 19.1 Å². The lowest BCUT2D eigenvalue weighted by Gasteiger charge is -2.09. The first kappa shape index (κ1) is 19.5. The summed E-state index contributed by atoms with van der Waals surface area (Å²) in [6.45, 7) is 3.01. The van der Waals surface area contributed by atoms with Gasteiger partial charge in [0.15, 0.2) is 6.61 Å². The molecule has 0 atom stereocenters. The molecule has 0 heterocycles. The summed E-state index contributed by atoms with van der Waals surface area (Å²) < 4.78 is 10.4. The molecule has 0 aliphatic heterocycles. The molecular weight excluding hydrogens is 332 g/mol. The first-order valence-corrected chi connectivity index (χ1v) is 8.45. The molecule has 6 heteroatoms. The second-order valence-corrected chi connectivity index (χ2v) is 5.83. The minimum Gasteiger partial charge on any atom is -0.484 e. The van der Waals surface area contributed by atoms with Crippen molar-refractivity contribution >= 4 is 17.5 Å². The van der Waals surface area contributed by atoms with Gasteiger partial charge in [-0.05, 0) is 43.7 Å². The van der Waals surface area contributed by atoms with Crippen LogP contribution in [-0.2, 0) is 9.53 Å². The van der Waals surface area contributed by atoms with Crippen LogP contribution in [0.25, 0.3) is 0 Å². The number of aryl methyl sites for hydroxylation is 1. The summed E-state index contributed by atoms with van der Waals surface area (Å²) in [7, 11) is 1.62. The molecule has 0 saturated heterocycles. The Morgan fingerprint density at radius 3 is 2.58 bits per heavy atom. The number of hydrogen-bond donors (Lipinski definition) is 2. The van der Waals surface area contributed by atoms with E-state index in [4.69, 9.17) is 9.47 Å². The van der Waals surface area contributed by atoms with Gasteiger partial charge in [0.05, 0.1) is 0 Å². The maximum absolute atomic E-state index is 12.1. The number of benzene rings is 2. The van der Waals surface area contributed by atoms with Gasteiger partial charge in [0, 0.05) is 31.5 Å². The minimum atomic E-state index is -0.289. The molecule has 2 rings (SSSR count). The molecule has 0 unspecified atom stereocenters. The normalized spacial score (nSPS) is 10.2. The van der Waals surface area contributed by atoms with Gasteiger partial charge >= 0.3 is 0 Å². The third-order valence-electron chi connectivity index (χ3n) is 3.61. The van der Waals surface area contributed by atoms with E-state index in [9.17, 15) is 9.59 Å². The summed E-state index contributed by atoms with van der Waals surface area (Å²) in [4.78, 5) is 24.1. The van der Waals surface area contributed by atoms with E-state index in [0.29, 0.717) is 30.2 Å². The lowest BCUT2D eigenvalue weighted by Crippen LogP contribution is -2.25. The van der Waals surface area contributed by atoms with E-state index in [1.165, 1.54) is 0 Å². The van der Waals surface area contributed by atoms with Crippen LogP contribution >= 0.6 is 0 Å². The highest BCUT2D eigenvalue weighted by Gasteiger charge is 2.08. The molecule has 2 amide bonds. The van der Waals surface area contributed by atoms with E-state index < -0.39 is 0 Å². The van der Waals surface area contributed by atoms with Gasteiger partial charge in [-0.2, -0.15) is 0 Å². The van der Waals surface area contributed by atoms with E-state index in [1.54, 1.807) is 31.4 Å². The van der Waals surface area contributed by atoms with E-state index in [2.05, 4.69) is 10.6 Å². The molecule has 2 aromatic carbocycles. The number of methoxy groups -OCH3 is 1. The minimum absolute atomic E-state index is 0.101. The molecule has 0 aromatic heterocycles. The fourth-order valence-electron chi connectivity index (χ4n) is 2.24. The van der Waals surface area contributed by atoms with Crippen LogP contribution in [0.4, 0.5) is 5.69 Å². The van der Waals surface area contributed by atoms with Crippen LogP contribution in [-0.4, -0.2) is 38.7 Å². The molecule has 2 N–H and O–H groups in total. The Balaban J connectivity index is 1.83. The quantitative estimate of drug-likeness (QED) is 0.678. The second kappa shape index (κ2) is 10.2. The highest BCUT2D eigenvalue weighted by atomic mass is 16.5. The van der Waals surface area contributed by atoms with Crippen molar-refractivity contribution in [3.8, 4) is 5.75 Å². The van der Waals surface area contributed by atoms with Crippen molar-refractivity contribution in [2.45, 2.75) is 13.3 Å². The Morgan fingerprint density at radius 1 is 1.08 bits per heavy atom. The Labute approximate surface area is 153 Å². The SMILES string of the molecule is COCCCNC(=O)c1cccc(NC(=O)COc2ccc(C)cc2)c1. The van der Waals surface area contributed by atoms with Gasteiger partial charge in [-0.25, -0.2) is 0 Å². The maximum Gasteiger partial charge on any atom is 0.262 e. The Bertz CT molecular complexity index is 729. The zero-order chi connectivity index (χ0) is 18.8. The van der Waals surface area contributed by atoms with E-state index >= 15 is 0 Å². The van der Waals surface area contributed by atoms with Gasteiger partial charge in [-0.3, -0.25) is 9.59 Å². The molecular formula is C20H24N2O4. The standard InChI is InChI=1S/C20H24N2O4/c1-15-7-9-18(10-8-15)26-14-19(23)22-17-6-3-5-16(13-17)20(24)21-11-4-12-25-2/h3,5-10,13H,4,11-12,14H2,1-2H3,(H,21,24)(H,22,23). The summed E-state index contributed by atoms with van der Waals surface area (Å²) in [6, 6.07) is 14.3. The van der Waals surface area contributed by atoms with Crippen molar-refractivity contribution in [2.24, 2.45) is 0 Å². The molecule has 0 saturated carbocycles. The summed E-state index contributed by atoms with van der Waals surface area (Å²) in [5, 5.41) is 5.54. The third-order valence-corrected chi connectivity index (χ3v) is 3.61. The van der Waals surface area contributed by atoms with Crippen LogP contribution in [0, 0.1) is 6.92 Å². The summed E-state index contributed by atoms with van der Waals surface area (Å²) >= 11 is 0. The molecule has 0 bridgehead atoms. The van der Waals surface area contributed by atoms with Gasteiger partial charge in [0.2, 0.25) is 0 Å². The number of rotatable bonds is 9. The van der Waals surface area contributed by atoms with E-state index in [1.807, 2.05) is 31.2 Å². The first-order chi connectivity index (χ1) is 12.6. The summed E-state index contributed by atoms with van der Waals surface area (Å²) in [5.41, 5.74) is 2.16. The van der Waals surface area contributed by atoms with Crippen molar-refractivity contribution in [1.29, 1.82) is 0 Å². The lowest BCUT2D eigenvalue weighted by atomic mass is 10.2. The van der Waals surface area contributed by atoms with Crippen LogP contribution in [0.15, 0.2) is 48.5 Å². The molecule has 0 spiro atoms. The van der Waals surface area contributed by atoms with Gasteiger partial charge in [-0.15, -0.1) is 0 Å². The molecule has 0 aliphatic carbocycles. The first-order valence-electron chi connectivity index (χ1n) is 8.45. The zero-order valence-electron chi connectivity index (χ0n) is 15.1. The van der Waals surface area contributed by atoms with Crippen LogP contribution in [0.5, 0.6) is 5.75 Å². The van der Waals surface area contributed by atoms with E-state index in [0.717, 1.165) is 12.0 Å². The van der Waals surface area contributed by atoms with Crippen molar-refractivity contribution in [3.63, 3.8) is 0 Å². The number of hydrogen-bond acceptors (Lipinski definition) is 4. The van der Waals surface area contributed by atoms with Crippen molar-refractivity contribution in [1.82, 2.24) is 5.32 Å². The third kappa shape index (κ3) is 6.57. The fourth-order valence-corrected chi connectivity index (χ4v) is 2.24. The highest BCUT2D eigenvalue weighted by Crippen LogP contribution is 2.13. The molecule has 0 aliphatic rings. The number of carbonyl (C=O) groups is 2. The van der Waals surface area contributed by atoms with Crippen molar-refractivity contribution in [3.05, 3.63) is 59.7 Å². The van der Waals surface area contributed by atoms with Crippen LogP contribution in [0.3, 0.4) is 0 Å². The van der Waals surface area contributed by atoms with Crippen LogP contribution in [0.1, 0.15) is 22.3 Å². The smallest absolute Gasteiger partial charge is 0.262 e. The predicted octanol–water partition coefficient (Wildman–Crippen LogP) is 2.78. The van der Waals surface area contributed by atoms with Crippen LogP contribution in [0.2, 0.25) is 0 Å². The second-order valence-electron chi connectivity index (χ2n) is 5.83. The highest BCUT2D eigenvalue weighted by molar-refractivity contribution is 5.97. The van der Waals surface area contributed by atoms with Gasteiger partial charge < -0.3 is 20.1 Å². The van der Waals surface area contributed by atoms with Crippen LogP contribution < -0.4 is 15.4 Å². The zero-order valence-corrected chi connectivity index (χ0v) is 15.1. The van der Waals surface area contributed by atoms with Gasteiger partial charge in [0.25, 0.3) is 11.8 Å². The molecule has 138 valence electrons. The number of carbonyl (C=O) groups excluding carboxylic acids is 2. The number of anilines is 1. The number of amides is 2. The Hall–Kier alpha value is -2.86. The predicted molar refractivity (Wildman–Crippen MR) is 101 cm³/mol. The molecule has 0 radical (unpaired) electrons. The molecule has 26 heavy (non-hydrogen) atoms. The Kier molecular flexibility index (Phi) is 7.64. The lowest BCUT2D eigenvalue weighted by molar-refractivity contribution is -0.118. The van der Waals surface area contributed by atoms with Gasteiger partial charge in [0.1, 0.15) is 5.75 Å². The fraction of sp³-hybridized carbons (Fsp3) is 0.300. The topological polar surface area (TPSA) is 76.7 Å². The maximum atomic E-state index is 12.1. The largest absolute Gasteiger partial charge is 0.484 e. The van der Waals surface area contributed by atoms with Gasteiger partial charge in [-0.1, -0.05) is 23.8 Å². The van der Waals surface area contributed by atoms with Crippen molar-refractivity contribution in [2.75, 3.05) is 32.2 Å². The summed E-state index contributed by atoms with van der Waals surface area (Å²) in [6.07, 6.45) is 0.745. The average Bonchev–Trinajstić information content (AvgIpc) is 2.65.